The van der Waals surface area contributed by atoms with Crippen molar-refractivity contribution in [3.63, 3.8) is 0 Å². The number of ether oxygens (including phenoxy) is 3. The Hall–Kier alpha value is -1.59. The quantitative estimate of drug-likeness (QED) is 0.0345. The topological polar surface area (TPSA) is 78.9 Å². The van der Waals surface area contributed by atoms with Crippen molar-refractivity contribution in [2.45, 2.75) is 292 Å². The fourth-order valence-corrected chi connectivity index (χ4v) is 7.91. The van der Waals surface area contributed by atoms with Crippen molar-refractivity contribution in [2.75, 3.05) is 13.2 Å². The van der Waals surface area contributed by atoms with E-state index in [0.29, 0.717) is 19.3 Å². The lowest BCUT2D eigenvalue weighted by Crippen LogP contribution is -2.30. The molecule has 0 saturated heterocycles. The van der Waals surface area contributed by atoms with Crippen LogP contribution in [0, 0.1) is 17.8 Å². The van der Waals surface area contributed by atoms with Crippen LogP contribution in [0.4, 0.5) is 0 Å². The molecule has 0 fully saturated rings. The number of hydrogen-bond acceptors (Lipinski definition) is 6. The summed E-state index contributed by atoms with van der Waals surface area (Å²) in [6, 6.07) is 0. The summed E-state index contributed by atoms with van der Waals surface area (Å²) in [5, 5.41) is 0. The van der Waals surface area contributed by atoms with Gasteiger partial charge >= 0.3 is 17.9 Å². The minimum atomic E-state index is -0.763. The highest BCUT2D eigenvalue weighted by Crippen LogP contribution is 2.18. The van der Waals surface area contributed by atoms with Crippen LogP contribution < -0.4 is 0 Å². The summed E-state index contributed by atoms with van der Waals surface area (Å²) in [6.45, 7) is 13.7. The van der Waals surface area contributed by atoms with Gasteiger partial charge in [-0.2, -0.15) is 0 Å². The first-order valence-electron chi connectivity index (χ1n) is 26.1. The fraction of sp³-hybridized carbons (Fsp3) is 0.943. The summed E-state index contributed by atoms with van der Waals surface area (Å²) >= 11 is 0. The van der Waals surface area contributed by atoms with Gasteiger partial charge in [-0.25, -0.2) is 0 Å². The third-order valence-corrected chi connectivity index (χ3v) is 12.3. The number of hydrogen-bond donors (Lipinski definition) is 0. The van der Waals surface area contributed by atoms with Gasteiger partial charge in [0.15, 0.2) is 6.10 Å². The van der Waals surface area contributed by atoms with Crippen LogP contribution in [0.3, 0.4) is 0 Å². The Kier molecular flexibility index (Phi) is 43.3. The zero-order valence-electron chi connectivity index (χ0n) is 40.5. The fourth-order valence-electron chi connectivity index (χ4n) is 7.91. The molecular formula is C53H102O6. The van der Waals surface area contributed by atoms with Crippen LogP contribution in [0.5, 0.6) is 0 Å². The van der Waals surface area contributed by atoms with Gasteiger partial charge in [0.1, 0.15) is 13.2 Å². The molecule has 0 heterocycles. The lowest BCUT2D eigenvalue weighted by molar-refractivity contribution is -0.167. The number of unbranched alkanes of at least 4 members (excludes halogenated alkanes) is 28. The predicted molar refractivity (Wildman–Crippen MR) is 252 cm³/mol. The standard InChI is InChI=1S/C53H102O6/c1-7-49(6)41-35-29-23-16-12-10-8-9-11-13-17-26-32-38-44-53(56)59-50(46-58-52(55)43-37-31-25-20-19-22-28-34-40-48(4)5)45-57-51(54)42-36-30-24-18-14-15-21-27-33-39-47(2)3/h47-50H,7-46H2,1-6H3/t49?,50-/m1/s1. The molecule has 6 heteroatoms. The molecule has 0 saturated carbocycles. The Labute approximate surface area is 368 Å². The zero-order valence-corrected chi connectivity index (χ0v) is 40.5. The number of esters is 3. The van der Waals surface area contributed by atoms with E-state index >= 15 is 0 Å². The molecule has 0 aliphatic carbocycles. The Morgan fingerprint density at radius 2 is 0.593 bits per heavy atom. The summed E-state index contributed by atoms with van der Waals surface area (Å²) < 4.78 is 16.8. The number of carbonyl (C=O) groups is 3. The van der Waals surface area contributed by atoms with E-state index in [1.807, 2.05) is 0 Å². The molecular weight excluding hydrogens is 733 g/mol. The molecule has 350 valence electrons. The molecule has 0 aliphatic rings. The van der Waals surface area contributed by atoms with Crippen LogP contribution in [-0.2, 0) is 28.6 Å². The minimum absolute atomic E-state index is 0.0653. The first-order valence-corrected chi connectivity index (χ1v) is 26.1. The molecule has 0 rings (SSSR count). The van der Waals surface area contributed by atoms with Gasteiger partial charge in [0.05, 0.1) is 0 Å². The maximum Gasteiger partial charge on any atom is 0.306 e. The highest BCUT2D eigenvalue weighted by atomic mass is 16.6. The third kappa shape index (κ3) is 45.8. The van der Waals surface area contributed by atoms with Crippen molar-refractivity contribution >= 4 is 17.9 Å². The van der Waals surface area contributed by atoms with E-state index in [2.05, 4.69) is 41.5 Å². The second-order valence-corrected chi connectivity index (χ2v) is 19.4. The average Bonchev–Trinajstić information content (AvgIpc) is 3.20. The molecule has 0 radical (unpaired) electrons. The van der Waals surface area contributed by atoms with Crippen LogP contribution in [0.1, 0.15) is 286 Å². The van der Waals surface area contributed by atoms with Gasteiger partial charge < -0.3 is 14.2 Å². The van der Waals surface area contributed by atoms with Crippen molar-refractivity contribution < 1.29 is 28.6 Å². The second kappa shape index (κ2) is 44.5. The first kappa shape index (κ1) is 57.4. The van der Waals surface area contributed by atoms with Gasteiger partial charge in [0.25, 0.3) is 0 Å². The Bertz CT molecular complexity index is 916. The molecule has 0 aromatic carbocycles. The maximum absolute atomic E-state index is 12.8. The lowest BCUT2D eigenvalue weighted by atomic mass is 9.99. The van der Waals surface area contributed by atoms with E-state index in [1.165, 1.54) is 167 Å². The second-order valence-electron chi connectivity index (χ2n) is 19.4. The van der Waals surface area contributed by atoms with Crippen LogP contribution >= 0.6 is 0 Å². The van der Waals surface area contributed by atoms with E-state index < -0.39 is 6.10 Å². The Morgan fingerprint density at radius 1 is 0.339 bits per heavy atom. The van der Waals surface area contributed by atoms with E-state index in [0.717, 1.165) is 75.5 Å². The molecule has 0 aromatic rings. The highest BCUT2D eigenvalue weighted by Gasteiger charge is 2.19. The smallest absolute Gasteiger partial charge is 0.306 e. The molecule has 0 amide bonds. The maximum atomic E-state index is 12.8. The van der Waals surface area contributed by atoms with Crippen LogP contribution in [-0.4, -0.2) is 37.2 Å². The normalized spacial score (nSPS) is 12.6. The summed E-state index contributed by atoms with van der Waals surface area (Å²) in [7, 11) is 0. The van der Waals surface area contributed by atoms with Gasteiger partial charge in [0, 0.05) is 19.3 Å². The first-order chi connectivity index (χ1) is 28.6. The Morgan fingerprint density at radius 3 is 0.881 bits per heavy atom. The molecule has 2 atom stereocenters. The monoisotopic (exact) mass is 835 g/mol. The zero-order chi connectivity index (χ0) is 43.4. The van der Waals surface area contributed by atoms with Crippen molar-refractivity contribution in [3.8, 4) is 0 Å². The molecule has 59 heavy (non-hydrogen) atoms. The average molecular weight is 835 g/mol. The Balaban J connectivity index is 4.29. The summed E-state index contributed by atoms with van der Waals surface area (Å²) in [4.78, 5) is 37.9. The predicted octanol–water partition coefficient (Wildman–Crippen LogP) is 16.8. The summed E-state index contributed by atoms with van der Waals surface area (Å²) in [5.74, 6) is 1.64. The van der Waals surface area contributed by atoms with Crippen molar-refractivity contribution in [1.82, 2.24) is 0 Å². The van der Waals surface area contributed by atoms with E-state index in [1.54, 1.807) is 0 Å². The molecule has 0 N–H and O–H groups in total. The molecule has 0 aromatic heterocycles. The summed E-state index contributed by atoms with van der Waals surface area (Å²) in [5.41, 5.74) is 0. The molecule has 6 nitrogen and oxygen atoms in total. The number of carbonyl (C=O) groups excluding carboxylic acids is 3. The van der Waals surface area contributed by atoms with Crippen molar-refractivity contribution in [2.24, 2.45) is 17.8 Å². The molecule has 0 bridgehead atoms. The van der Waals surface area contributed by atoms with Crippen molar-refractivity contribution in [3.05, 3.63) is 0 Å². The minimum Gasteiger partial charge on any atom is -0.462 e. The largest absolute Gasteiger partial charge is 0.462 e. The lowest BCUT2D eigenvalue weighted by Gasteiger charge is -2.18. The van der Waals surface area contributed by atoms with E-state index in [-0.39, 0.29) is 31.1 Å². The number of rotatable bonds is 46. The van der Waals surface area contributed by atoms with Gasteiger partial charge in [-0.3, -0.25) is 14.4 Å². The van der Waals surface area contributed by atoms with Gasteiger partial charge in [0.2, 0.25) is 0 Å². The van der Waals surface area contributed by atoms with Gasteiger partial charge in [-0.1, -0.05) is 247 Å². The molecule has 0 spiro atoms. The van der Waals surface area contributed by atoms with E-state index in [4.69, 9.17) is 14.2 Å². The molecule has 1 unspecified atom stereocenters. The van der Waals surface area contributed by atoms with Crippen LogP contribution in [0.2, 0.25) is 0 Å². The van der Waals surface area contributed by atoms with Gasteiger partial charge in [-0.05, 0) is 37.0 Å². The molecule has 0 aliphatic heterocycles. The third-order valence-electron chi connectivity index (χ3n) is 12.3. The summed E-state index contributed by atoms with van der Waals surface area (Å²) in [6.07, 6.45) is 43.8. The van der Waals surface area contributed by atoms with Crippen molar-refractivity contribution in [1.29, 1.82) is 0 Å². The SMILES string of the molecule is CCC(C)CCCCCCCCCCCCCCCCC(=O)O[C@H](COC(=O)CCCCCCCCCCCC(C)C)COC(=O)CCCCCCCCCCC(C)C. The van der Waals surface area contributed by atoms with Crippen LogP contribution in [0.25, 0.3) is 0 Å². The van der Waals surface area contributed by atoms with Gasteiger partial charge in [-0.15, -0.1) is 0 Å². The van der Waals surface area contributed by atoms with Crippen LogP contribution in [0.15, 0.2) is 0 Å². The van der Waals surface area contributed by atoms with E-state index in [9.17, 15) is 14.4 Å². The highest BCUT2D eigenvalue weighted by molar-refractivity contribution is 5.71.